The van der Waals surface area contributed by atoms with E-state index >= 15 is 0 Å². The lowest BCUT2D eigenvalue weighted by molar-refractivity contribution is -0.307. The molecule has 1 unspecified atom stereocenters. The summed E-state index contributed by atoms with van der Waals surface area (Å²) < 4.78 is 111. The second kappa shape index (κ2) is 5.42. The second-order valence-electron chi connectivity index (χ2n) is 4.19. The molecule has 0 saturated carbocycles. The summed E-state index contributed by atoms with van der Waals surface area (Å²) in [6.45, 7) is 0.938. The minimum absolute atomic E-state index is 0.702. The largest absolute Gasteiger partial charge is 0.454 e. The number of hydrogen-bond acceptors (Lipinski definition) is 1. The van der Waals surface area contributed by atoms with E-state index in [2.05, 4.69) is 0 Å². The quantitative estimate of drug-likeness (QED) is 0.591. The molecule has 0 aromatic carbocycles. The molecular weight excluding hydrogens is 327 g/mol. The fourth-order valence-electron chi connectivity index (χ4n) is 1.80. The molecule has 0 bridgehead atoms. The maximum atomic E-state index is 13.3. The summed E-state index contributed by atoms with van der Waals surface area (Å²) in [5.41, 5.74) is 0. The highest BCUT2D eigenvalue weighted by Crippen LogP contribution is 2.67. The zero-order valence-electron chi connectivity index (χ0n) is 9.89. The molecule has 0 aliphatic heterocycles. The zero-order valence-corrected chi connectivity index (χ0v) is 10.8. The Morgan fingerprint density at radius 1 is 0.950 bits per heavy atom. The summed E-state index contributed by atoms with van der Waals surface area (Å²) in [7, 11) is -6.43. The first kappa shape index (κ1) is 19.6. The number of alkyl halides is 8. The van der Waals surface area contributed by atoms with Gasteiger partial charge in [0.25, 0.3) is 0 Å². The maximum Gasteiger partial charge on any atom is 0.454 e. The first-order chi connectivity index (χ1) is 8.52. The highest BCUT2D eigenvalue weighted by Gasteiger charge is 2.77. The minimum Gasteiger partial charge on any atom is -0.324 e. The van der Waals surface area contributed by atoms with E-state index in [1.807, 2.05) is 0 Å². The molecule has 0 aromatic rings. The topological polar surface area (TPSA) is 57.5 Å². The van der Waals surface area contributed by atoms with Crippen molar-refractivity contribution in [2.75, 3.05) is 0 Å². The van der Waals surface area contributed by atoms with Gasteiger partial charge in [0.1, 0.15) is 0 Å². The molecule has 0 aliphatic carbocycles. The van der Waals surface area contributed by atoms with Crippen LogP contribution in [0.4, 0.5) is 35.1 Å². The van der Waals surface area contributed by atoms with Gasteiger partial charge in [-0.1, -0.05) is 13.3 Å². The van der Waals surface area contributed by atoms with Gasteiger partial charge in [0.05, 0.1) is 6.42 Å². The molecule has 0 amide bonds. The summed E-state index contributed by atoms with van der Waals surface area (Å²) in [4.78, 5) is 17.5. The van der Waals surface area contributed by atoms with Crippen molar-refractivity contribution in [1.29, 1.82) is 0 Å². The van der Waals surface area contributed by atoms with Crippen molar-refractivity contribution in [3.05, 3.63) is 0 Å². The predicted octanol–water partition coefficient (Wildman–Crippen LogP) is 3.85. The highest BCUT2D eigenvalue weighted by atomic mass is 31.2. The van der Waals surface area contributed by atoms with Crippen LogP contribution in [0, 0.1) is 0 Å². The van der Waals surface area contributed by atoms with Crippen molar-refractivity contribution < 1.29 is 49.5 Å². The SMILES string of the molecule is CCCC(CC(F)(F)F)(C(F)(F)C(F)(F)F)P(=O)(O)O. The molecule has 20 heavy (non-hydrogen) atoms. The van der Waals surface area contributed by atoms with Gasteiger partial charge in [0.15, 0.2) is 5.16 Å². The molecule has 3 nitrogen and oxygen atoms in total. The van der Waals surface area contributed by atoms with Gasteiger partial charge in [-0.2, -0.15) is 35.1 Å². The Bertz CT molecular complexity index is 384. The van der Waals surface area contributed by atoms with Crippen molar-refractivity contribution in [2.24, 2.45) is 0 Å². The van der Waals surface area contributed by atoms with Gasteiger partial charge in [-0.3, -0.25) is 4.57 Å². The fraction of sp³-hybridized carbons (Fsp3) is 1.00. The van der Waals surface area contributed by atoms with Gasteiger partial charge in [-0.05, 0) is 6.42 Å². The molecule has 0 aromatic heterocycles. The highest BCUT2D eigenvalue weighted by molar-refractivity contribution is 7.53. The third kappa shape index (κ3) is 3.62. The van der Waals surface area contributed by atoms with Crippen LogP contribution < -0.4 is 0 Å². The van der Waals surface area contributed by atoms with Crippen molar-refractivity contribution >= 4 is 7.60 Å². The Balaban J connectivity index is 6.23. The smallest absolute Gasteiger partial charge is 0.324 e. The molecule has 0 heterocycles. The fourth-order valence-corrected chi connectivity index (χ4v) is 3.19. The van der Waals surface area contributed by atoms with Crippen LogP contribution in [-0.4, -0.2) is 33.2 Å². The monoisotopic (exact) mass is 338 g/mol. The molecule has 1 atom stereocenters. The summed E-state index contributed by atoms with van der Waals surface area (Å²) >= 11 is 0. The van der Waals surface area contributed by atoms with Gasteiger partial charge in [0, 0.05) is 0 Å². The van der Waals surface area contributed by atoms with Gasteiger partial charge >= 0.3 is 25.9 Å². The third-order valence-electron chi connectivity index (χ3n) is 2.65. The lowest BCUT2D eigenvalue weighted by atomic mass is 9.90. The van der Waals surface area contributed by atoms with E-state index in [0.717, 1.165) is 6.92 Å². The summed E-state index contributed by atoms with van der Waals surface area (Å²) in [6.07, 6.45) is -17.4. The van der Waals surface area contributed by atoms with E-state index in [9.17, 15) is 39.7 Å². The van der Waals surface area contributed by atoms with Crippen LogP contribution in [0.1, 0.15) is 26.2 Å². The van der Waals surface area contributed by atoms with E-state index in [4.69, 9.17) is 9.79 Å². The molecule has 0 fully saturated rings. The lowest BCUT2D eigenvalue weighted by Crippen LogP contribution is -2.58. The third-order valence-corrected chi connectivity index (χ3v) is 4.43. The zero-order chi connectivity index (χ0) is 16.6. The molecule has 0 saturated heterocycles. The van der Waals surface area contributed by atoms with Crippen molar-refractivity contribution in [2.45, 2.75) is 49.6 Å². The van der Waals surface area contributed by atoms with E-state index in [1.165, 1.54) is 0 Å². The van der Waals surface area contributed by atoms with Crippen molar-refractivity contribution in [3.8, 4) is 0 Å². The van der Waals surface area contributed by atoms with E-state index < -0.39 is 50.3 Å². The Morgan fingerprint density at radius 2 is 1.35 bits per heavy atom. The summed E-state index contributed by atoms with van der Waals surface area (Å²) in [5, 5.41) is -4.56. The van der Waals surface area contributed by atoms with Gasteiger partial charge in [0.2, 0.25) is 0 Å². The van der Waals surface area contributed by atoms with Crippen LogP contribution >= 0.6 is 7.60 Å². The van der Waals surface area contributed by atoms with Crippen LogP contribution in [-0.2, 0) is 4.57 Å². The molecule has 0 aliphatic rings. The second-order valence-corrected chi connectivity index (χ2v) is 6.13. The number of rotatable bonds is 5. The predicted molar refractivity (Wildman–Crippen MR) is 51.4 cm³/mol. The Morgan fingerprint density at radius 3 is 1.55 bits per heavy atom. The Kier molecular flexibility index (Phi) is 5.30. The molecule has 122 valence electrons. The average Bonchev–Trinajstić information content (AvgIpc) is 2.10. The molecule has 0 rings (SSSR count). The molecule has 0 spiro atoms. The normalized spacial score (nSPS) is 17.9. The van der Waals surface area contributed by atoms with Crippen LogP contribution in [0.15, 0.2) is 0 Å². The Labute approximate surface area is 108 Å². The summed E-state index contributed by atoms with van der Waals surface area (Å²) in [6, 6.07) is 0. The van der Waals surface area contributed by atoms with Crippen molar-refractivity contribution in [3.63, 3.8) is 0 Å². The van der Waals surface area contributed by atoms with Crippen LogP contribution in [0.2, 0.25) is 0 Å². The molecule has 2 N–H and O–H groups in total. The van der Waals surface area contributed by atoms with Crippen molar-refractivity contribution in [1.82, 2.24) is 0 Å². The van der Waals surface area contributed by atoms with E-state index in [0.29, 0.717) is 0 Å². The minimum atomic E-state index is -6.52. The van der Waals surface area contributed by atoms with Gasteiger partial charge in [-0.25, -0.2) is 0 Å². The van der Waals surface area contributed by atoms with Crippen LogP contribution in [0.5, 0.6) is 0 Å². The van der Waals surface area contributed by atoms with E-state index in [1.54, 1.807) is 0 Å². The first-order valence-corrected chi connectivity index (χ1v) is 6.70. The van der Waals surface area contributed by atoms with Gasteiger partial charge in [-0.15, -0.1) is 0 Å². The number of halogens is 8. The standard InChI is InChI=1S/C8H11F8O3P/c1-2-3-5(20(17,18)19,4-6(9,10)11)7(12,13)8(14,15)16/h2-4H2,1H3,(H2,17,18,19). The van der Waals surface area contributed by atoms with Crippen LogP contribution in [0.3, 0.4) is 0 Å². The van der Waals surface area contributed by atoms with E-state index in [-0.39, 0.29) is 0 Å². The van der Waals surface area contributed by atoms with Crippen LogP contribution in [0.25, 0.3) is 0 Å². The Hall–Kier alpha value is -0.410. The maximum absolute atomic E-state index is 13.3. The average molecular weight is 338 g/mol. The lowest BCUT2D eigenvalue weighted by Gasteiger charge is -2.41. The van der Waals surface area contributed by atoms with Gasteiger partial charge < -0.3 is 9.79 Å². The molecule has 12 heteroatoms. The molecule has 0 radical (unpaired) electrons. The summed E-state index contributed by atoms with van der Waals surface area (Å²) in [5.74, 6) is -6.19. The first-order valence-electron chi connectivity index (χ1n) is 5.09. The molecular formula is C8H11F8O3P. The number of hydrogen-bond donors (Lipinski definition) is 2.